The number of aromatic carboxylic acids is 1. The van der Waals surface area contributed by atoms with Crippen molar-refractivity contribution in [1.29, 1.82) is 0 Å². The van der Waals surface area contributed by atoms with Crippen molar-refractivity contribution in [3.63, 3.8) is 0 Å². The number of carbonyl (C=O) groups is 2. The third-order valence-corrected chi connectivity index (χ3v) is 5.64. The van der Waals surface area contributed by atoms with Crippen LogP contribution in [-0.4, -0.2) is 17.0 Å². The van der Waals surface area contributed by atoms with Crippen molar-refractivity contribution in [2.75, 3.05) is 0 Å². The van der Waals surface area contributed by atoms with E-state index in [0.29, 0.717) is 12.0 Å². The maximum absolute atomic E-state index is 12.6. The summed E-state index contributed by atoms with van der Waals surface area (Å²) < 4.78 is 10.9. The van der Waals surface area contributed by atoms with Gasteiger partial charge in [0.05, 0.1) is 17.4 Å². The van der Waals surface area contributed by atoms with Gasteiger partial charge in [-0.25, -0.2) is 9.59 Å². The van der Waals surface area contributed by atoms with Gasteiger partial charge >= 0.3 is 11.9 Å². The summed E-state index contributed by atoms with van der Waals surface area (Å²) in [6.45, 7) is 0.185. The van der Waals surface area contributed by atoms with Crippen molar-refractivity contribution in [2.45, 2.75) is 13.0 Å². The molecule has 0 radical (unpaired) electrons. The van der Waals surface area contributed by atoms with E-state index in [-0.39, 0.29) is 18.1 Å². The highest BCUT2D eigenvalue weighted by atomic mass is 16.5. The van der Waals surface area contributed by atoms with Crippen LogP contribution in [0.25, 0.3) is 21.7 Å². The minimum absolute atomic E-state index is 0.185. The summed E-state index contributed by atoms with van der Waals surface area (Å²) in [4.78, 5) is 23.7. The molecule has 0 amide bonds. The van der Waals surface area contributed by atoms with E-state index < -0.39 is 5.97 Å². The first-order valence-corrected chi connectivity index (χ1v) is 10.5. The van der Waals surface area contributed by atoms with Gasteiger partial charge in [0.15, 0.2) is 0 Å². The summed E-state index contributed by atoms with van der Waals surface area (Å²) in [6, 6.07) is 26.1. The number of fused-ring (bicyclic) bond motifs is 2. The van der Waals surface area contributed by atoms with Gasteiger partial charge in [-0.1, -0.05) is 42.5 Å². The van der Waals surface area contributed by atoms with Crippen molar-refractivity contribution in [2.24, 2.45) is 0 Å². The molecule has 1 N–H and O–H groups in total. The summed E-state index contributed by atoms with van der Waals surface area (Å²) in [7, 11) is 0. The van der Waals surface area contributed by atoms with Gasteiger partial charge in [-0.05, 0) is 76.3 Å². The summed E-state index contributed by atoms with van der Waals surface area (Å²) in [5.41, 5.74) is 4.55. The van der Waals surface area contributed by atoms with Crippen LogP contribution in [-0.2, 0) is 17.8 Å². The summed E-state index contributed by atoms with van der Waals surface area (Å²) in [5.74, 6) is -1.31. The van der Waals surface area contributed by atoms with Gasteiger partial charge in [0.1, 0.15) is 12.2 Å². The molecule has 5 rings (SSSR count). The number of hydrogen-bond acceptors (Lipinski definition) is 4. The van der Waals surface area contributed by atoms with Crippen LogP contribution in [0.1, 0.15) is 37.4 Å². The number of rotatable bonds is 6. The summed E-state index contributed by atoms with van der Waals surface area (Å²) in [5, 5.41) is 12.0. The fraction of sp³-hybridized carbons (Fsp3) is 0.0714. The smallest absolute Gasteiger partial charge is 0.338 e. The van der Waals surface area contributed by atoms with Gasteiger partial charge in [0.2, 0.25) is 0 Å². The molecule has 0 spiro atoms. The molecule has 0 aliphatic rings. The highest BCUT2D eigenvalue weighted by Crippen LogP contribution is 2.22. The molecular weight excluding hydrogens is 416 g/mol. The molecule has 162 valence electrons. The van der Waals surface area contributed by atoms with E-state index in [2.05, 4.69) is 0 Å². The first kappa shape index (κ1) is 20.5. The molecule has 0 fully saturated rings. The maximum atomic E-state index is 12.6. The highest BCUT2D eigenvalue weighted by Gasteiger charge is 2.10. The van der Waals surface area contributed by atoms with Crippen LogP contribution < -0.4 is 0 Å². The van der Waals surface area contributed by atoms with Crippen LogP contribution in [0.15, 0.2) is 95.6 Å². The van der Waals surface area contributed by atoms with E-state index in [9.17, 15) is 9.59 Å². The summed E-state index contributed by atoms with van der Waals surface area (Å²) in [6.07, 6.45) is 2.30. The minimum Gasteiger partial charge on any atom is -0.478 e. The Labute approximate surface area is 189 Å². The molecule has 0 unspecified atom stereocenters. The van der Waals surface area contributed by atoms with E-state index in [1.165, 1.54) is 0 Å². The molecule has 5 nitrogen and oxygen atoms in total. The number of benzene rings is 4. The molecular formula is C28H20O5. The zero-order valence-electron chi connectivity index (χ0n) is 17.7. The molecule has 0 bridgehead atoms. The van der Waals surface area contributed by atoms with Crippen LogP contribution in [0.3, 0.4) is 0 Å². The third kappa shape index (κ3) is 4.48. The van der Waals surface area contributed by atoms with Crippen molar-refractivity contribution >= 4 is 33.7 Å². The zero-order valence-corrected chi connectivity index (χ0v) is 17.7. The number of carbonyl (C=O) groups excluding carboxylic acids is 1. The Balaban J connectivity index is 1.31. The number of carboxylic acids is 1. The van der Waals surface area contributed by atoms with E-state index in [1.54, 1.807) is 24.5 Å². The second-order valence-corrected chi connectivity index (χ2v) is 7.94. The first-order chi connectivity index (χ1) is 16.0. The minimum atomic E-state index is -0.936. The molecule has 0 aliphatic carbocycles. The fourth-order valence-electron chi connectivity index (χ4n) is 3.87. The van der Waals surface area contributed by atoms with Gasteiger partial charge in [-0.2, -0.15) is 0 Å². The van der Waals surface area contributed by atoms with Gasteiger partial charge in [-0.15, -0.1) is 0 Å². The lowest BCUT2D eigenvalue weighted by Crippen LogP contribution is -2.05. The highest BCUT2D eigenvalue weighted by molar-refractivity contribution is 5.95. The SMILES string of the molecule is O=C(O)c1ccc(Cc2ccc3ccc(C(=O)OCc4ccc5occc5c4)cc3c2)cc1. The van der Waals surface area contributed by atoms with Crippen LogP contribution in [0, 0.1) is 0 Å². The number of ether oxygens (including phenoxy) is 1. The predicted molar refractivity (Wildman–Crippen MR) is 125 cm³/mol. The van der Waals surface area contributed by atoms with Gasteiger partial charge in [0.25, 0.3) is 0 Å². The average molecular weight is 436 g/mol. The number of esters is 1. The zero-order chi connectivity index (χ0) is 22.8. The Bertz CT molecular complexity index is 1480. The Morgan fingerprint density at radius 3 is 2.21 bits per heavy atom. The Kier molecular flexibility index (Phi) is 5.37. The number of hydrogen-bond donors (Lipinski definition) is 1. The van der Waals surface area contributed by atoms with Gasteiger partial charge in [-0.3, -0.25) is 0 Å². The predicted octanol–water partition coefficient (Wildman–Crippen LogP) is 6.23. The normalized spacial score (nSPS) is 11.0. The molecule has 5 aromatic rings. The topological polar surface area (TPSA) is 76.7 Å². The second kappa shape index (κ2) is 8.63. The van der Waals surface area contributed by atoms with Crippen molar-refractivity contribution in [3.05, 3.63) is 119 Å². The van der Waals surface area contributed by atoms with Crippen LogP contribution in [0.2, 0.25) is 0 Å². The van der Waals surface area contributed by atoms with E-state index in [0.717, 1.165) is 38.4 Å². The van der Waals surface area contributed by atoms with E-state index >= 15 is 0 Å². The van der Waals surface area contributed by atoms with Crippen LogP contribution in [0.4, 0.5) is 0 Å². The van der Waals surface area contributed by atoms with Gasteiger partial charge < -0.3 is 14.3 Å². The summed E-state index contributed by atoms with van der Waals surface area (Å²) >= 11 is 0. The number of carboxylic acid groups (broad SMARTS) is 1. The molecule has 33 heavy (non-hydrogen) atoms. The van der Waals surface area contributed by atoms with E-state index in [1.807, 2.05) is 66.7 Å². The largest absolute Gasteiger partial charge is 0.478 e. The monoisotopic (exact) mass is 436 g/mol. The molecule has 0 atom stereocenters. The molecule has 5 heteroatoms. The molecule has 0 saturated carbocycles. The molecule has 1 aromatic heterocycles. The van der Waals surface area contributed by atoms with Crippen molar-refractivity contribution in [3.8, 4) is 0 Å². The third-order valence-electron chi connectivity index (χ3n) is 5.64. The van der Waals surface area contributed by atoms with Crippen LogP contribution in [0.5, 0.6) is 0 Å². The van der Waals surface area contributed by atoms with Gasteiger partial charge in [0, 0.05) is 5.39 Å². The van der Waals surface area contributed by atoms with Crippen molar-refractivity contribution in [1.82, 2.24) is 0 Å². The van der Waals surface area contributed by atoms with E-state index in [4.69, 9.17) is 14.3 Å². The lowest BCUT2D eigenvalue weighted by molar-refractivity contribution is 0.0472. The Morgan fingerprint density at radius 2 is 1.39 bits per heavy atom. The standard InChI is InChI=1S/C28H20O5/c29-27(30)22-6-1-18(2-7-22)13-19-3-5-21-8-9-24(16-25(21)14-19)28(31)33-17-20-4-10-26-23(15-20)11-12-32-26/h1-12,14-16H,13,17H2,(H,29,30). The molecule has 1 heterocycles. The maximum Gasteiger partial charge on any atom is 0.338 e. The first-order valence-electron chi connectivity index (χ1n) is 10.5. The molecule has 0 aliphatic heterocycles. The van der Waals surface area contributed by atoms with Crippen LogP contribution >= 0.6 is 0 Å². The second-order valence-electron chi connectivity index (χ2n) is 7.94. The fourth-order valence-corrected chi connectivity index (χ4v) is 3.87. The average Bonchev–Trinajstić information content (AvgIpc) is 3.30. The molecule has 4 aromatic carbocycles. The quantitative estimate of drug-likeness (QED) is 0.319. The van der Waals surface area contributed by atoms with Crippen molar-refractivity contribution < 1.29 is 23.8 Å². The Hall–Kier alpha value is -4.38. The molecule has 0 saturated heterocycles. The Morgan fingerprint density at radius 1 is 0.697 bits per heavy atom. The lowest BCUT2D eigenvalue weighted by atomic mass is 9.99. The number of furan rings is 1. The lowest BCUT2D eigenvalue weighted by Gasteiger charge is -2.08.